The predicted octanol–water partition coefficient (Wildman–Crippen LogP) is 3.66. The Balaban J connectivity index is 2.30. The number of hydroxylamine groups is 2. The van der Waals surface area contributed by atoms with E-state index in [4.69, 9.17) is 9.94 Å². The van der Waals surface area contributed by atoms with Crippen LogP contribution in [0, 0.1) is 0 Å². The maximum atomic E-state index is 12.2. The van der Waals surface area contributed by atoms with Gasteiger partial charge < -0.3 is 15.1 Å². The molecule has 0 aromatic carbocycles. The fourth-order valence-corrected chi connectivity index (χ4v) is 3.63. The van der Waals surface area contributed by atoms with Gasteiger partial charge in [0.25, 0.3) is 0 Å². The second kappa shape index (κ2) is 9.53. The van der Waals surface area contributed by atoms with Gasteiger partial charge >= 0.3 is 11.9 Å². The third-order valence-corrected chi connectivity index (χ3v) is 4.98. The topological polar surface area (TPSA) is 87.1 Å². The molecule has 146 valence electrons. The van der Waals surface area contributed by atoms with E-state index >= 15 is 0 Å². The van der Waals surface area contributed by atoms with E-state index < -0.39 is 12.1 Å². The Morgan fingerprint density at radius 1 is 1.00 bits per heavy atom. The number of carboxylic acids is 1. The highest BCUT2D eigenvalue weighted by Gasteiger charge is 2.44. The Morgan fingerprint density at radius 2 is 1.60 bits per heavy atom. The van der Waals surface area contributed by atoms with Crippen molar-refractivity contribution < 1.29 is 24.6 Å². The van der Waals surface area contributed by atoms with Crippen LogP contribution in [0.4, 0.5) is 0 Å². The van der Waals surface area contributed by atoms with Gasteiger partial charge in [-0.15, -0.1) is 5.06 Å². The lowest BCUT2D eigenvalue weighted by molar-refractivity contribution is -0.265. The van der Waals surface area contributed by atoms with Crippen LogP contribution < -0.4 is 0 Å². The van der Waals surface area contributed by atoms with Crippen LogP contribution >= 0.6 is 0 Å². The van der Waals surface area contributed by atoms with E-state index in [1.54, 1.807) is 0 Å². The summed E-state index contributed by atoms with van der Waals surface area (Å²) >= 11 is 0. The van der Waals surface area contributed by atoms with E-state index in [2.05, 4.69) is 27.7 Å². The zero-order valence-corrected chi connectivity index (χ0v) is 16.2. The number of rotatable bonds is 10. The van der Waals surface area contributed by atoms with Crippen molar-refractivity contribution in [3.8, 4) is 0 Å². The zero-order chi connectivity index (χ0) is 19.1. The molecule has 0 radical (unpaired) electrons. The molecule has 0 bridgehead atoms. The molecule has 1 rings (SSSR count). The first-order chi connectivity index (χ1) is 11.5. The number of hydrogen-bond acceptors (Lipinski definition) is 5. The van der Waals surface area contributed by atoms with Gasteiger partial charge in [0.05, 0.1) is 17.2 Å². The zero-order valence-electron chi connectivity index (χ0n) is 16.2. The van der Waals surface area contributed by atoms with Gasteiger partial charge in [0.2, 0.25) is 0 Å². The lowest BCUT2D eigenvalue weighted by atomic mass is 9.82. The predicted molar refractivity (Wildman–Crippen MR) is 95.9 cm³/mol. The molecule has 1 aliphatic heterocycles. The van der Waals surface area contributed by atoms with Gasteiger partial charge in [-0.1, -0.05) is 12.8 Å². The van der Waals surface area contributed by atoms with Gasteiger partial charge in [-0.2, -0.15) is 0 Å². The molecule has 0 aromatic heterocycles. The minimum absolute atomic E-state index is 0.170. The first-order valence-corrected chi connectivity index (χ1v) is 9.45. The number of carboxylic acid groups (broad SMARTS) is 1. The number of aliphatic hydroxyl groups excluding tert-OH is 1. The molecule has 1 fully saturated rings. The molecule has 0 spiro atoms. The van der Waals surface area contributed by atoms with Crippen molar-refractivity contribution in [2.45, 2.75) is 109 Å². The number of carbonyl (C=O) groups excluding carboxylic acids is 1. The standard InChI is InChI=1S/C19H35NO5/c1-18(2)13-8-14-19(3,4)20(18)25-17(24)12-11-15(21)9-6-5-7-10-16(22)23/h15,21H,5-14H2,1-4H3,(H,22,23). The number of hydrogen-bond donors (Lipinski definition) is 2. The van der Waals surface area contributed by atoms with Crippen molar-refractivity contribution >= 4 is 11.9 Å². The van der Waals surface area contributed by atoms with Gasteiger partial charge in [0.15, 0.2) is 0 Å². The molecule has 6 nitrogen and oxygen atoms in total. The molecule has 1 saturated heterocycles. The van der Waals surface area contributed by atoms with Gasteiger partial charge in [-0.3, -0.25) is 9.59 Å². The Hall–Kier alpha value is -1.14. The Bertz CT molecular complexity index is 431. The summed E-state index contributed by atoms with van der Waals surface area (Å²) in [7, 11) is 0. The first-order valence-electron chi connectivity index (χ1n) is 9.45. The van der Waals surface area contributed by atoms with E-state index in [1.807, 2.05) is 5.06 Å². The van der Waals surface area contributed by atoms with Crippen LogP contribution in [0.2, 0.25) is 0 Å². The van der Waals surface area contributed by atoms with Crippen LogP contribution in [0.3, 0.4) is 0 Å². The number of unbranched alkanes of at least 4 members (excludes halogenated alkanes) is 2. The summed E-state index contributed by atoms with van der Waals surface area (Å²) in [5.74, 6) is -1.08. The van der Waals surface area contributed by atoms with Gasteiger partial charge in [0, 0.05) is 12.8 Å². The van der Waals surface area contributed by atoms with Crippen molar-refractivity contribution in [3.05, 3.63) is 0 Å². The fourth-order valence-electron chi connectivity index (χ4n) is 3.63. The van der Waals surface area contributed by atoms with Crippen LogP contribution in [-0.4, -0.2) is 44.4 Å². The lowest BCUT2D eigenvalue weighted by Gasteiger charge is -2.50. The molecule has 6 heteroatoms. The molecule has 1 aliphatic rings. The molecule has 2 N–H and O–H groups in total. The average Bonchev–Trinajstić information content (AvgIpc) is 2.48. The maximum Gasteiger partial charge on any atom is 0.325 e. The second-order valence-corrected chi connectivity index (χ2v) is 8.42. The van der Waals surface area contributed by atoms with Crippen LogP contribution in [-0.2, 0) is 14.4 Å². The van der Waals surface area contributed by atoms with Crippen molar-refractivity contribution in [1.29, 1.82) is 0 Å². The molecule has 1 heterocycles. The molecule has 1 atom stereocenters. The minimum atomic E-state index is -0.785. The van der Waals surface area contributed by atoms with Gasteiger partial charge in [-0.25, -0.2) is 0 Å². The van der Waals surface area contributed by atoms with E-state index in [1.165, 1.54) is 0 Å². The van der Waals surface area contributed by atoms with Crippen molar-refractivity contribution in [3.63, 3.8) is 0 Å². The van der Waals surface area contributed by atoms with E-state index in [0.29, 0.717) is 19.3 Å². The molecular weight excluding hydrogens is 322 g/mol. The lowest BCUT2D eigenvalue weighted by Crippen LogP contribution is -2.58. The third-order valence-electron chi connectivity index (χ3n) is 4.98. The number of aliphatic carboxylic acids is 1. The highest BCUT2D eigenvalue weighted by molar-refractivity contribution is 5.69. The molecular formula is C19H35NO5. The highest BCUT2D eigenvalue weighted by Crippen LogP contribution is 2.38. The summed E-state index contributed by atoms with van der Waals surface area (Å²) < 4.78 is 0. The van der Waals surface area contributed by atoms with Crippen LogP contribution in [0.15, 0.2) is 0 Å². The van der Waals surface area contributed by atoms with Gasteiger partial charge in [0.1, 0.15) is 0 Å². The largest absolute Gasteiger partial charge is 0.481 e. The van der Waals surface area contributed by atoms with Crippen LogP contribution in [0.5, 0.6) is 0 Å². The monoisotopic (exact) mass is 357 g/mol. The molecule has 0 aromatic rings. The number of aliphatic hydroxyl groups is 1. The van der Waals surface area contributed by atoms with Gasteiger partial charge in [-0.05, 0) is 66.2 Å². The van der Waals surface area contributed by atoms with Crippen LogP contribution in [0.25, 0.3) is 0 Å². The minimum Gasteiger partial charge on any atom is -0.481 e. The third kappa shape index (κ3) is 7.74. The SMILES string of the molecule is CC1(C)CCCC(C)(C)N1OC(=O)CCC(O)CCCCCC(=O)O. The number of nitrogens with zero attached hydrogens (tertiary/aromatic N) is 1. The summed E-state index contributed by atoms with van der Waals surface area (Å²) in [6, 6.07) is 0. The number of carbonyl (C=O) groups is 2. The summed E-state index contributed by atoms with van der Waals surface area (Å²) in [6.45, 7) is 8.36. The Kier molecular flexibility index (Phi) is 8.35. The van der Waals surface area contributed by atoms with Crippen molar-refractivity contribution in [2.75, 3.05) is 0 Å². The number of piperidine rings is 1. The molecule has 0 aliphatic carbocycles. The summed E-state index contributed by atoms with van der Waals surface area (Å²) in [5, 5.41) is 20.4. The summed E-state index contributed by atoms with van der Waals surface area (Å²) in [4.78, 5) is 28.3. The molecule has 25 heavy (non-hydrogen) atoms. The van der Waals surface area contributed by atoms with Crippen molar-refractivity contribution in [1.82, 2.24) is 5.06 Å². The van der Waals surface area contributed by atoms with E-state index in [9.17, 15) is 14.7 Å². The average molecular weight is 357 g/mol. The molecule has 0 saturated carbocycles. The second-order valence-electron chi connectivity index (χ2n) is 8.42. The van der Waals surface area contributed by atoms with E-state index in [-0.39, 0.29) is 29.9 Å². The van der Waals surface area contributed by atoms with Crippen molar-refractivity contribution in [2.24, 2.45) is 0 Å². The van der Waals surface area contributed by atoms with E-state index in [0.717, 1.165) is 32.1 Å². The quantitative estimate of drug-likeness (QED) is 0.580. The Morgan fingerprint density at radius 3 is 2.16 bits per heavy atom. The van der Waals surface area contributed by atoms with Crippen LogP contribution in [0.1, 0.15) is 91.9 Å². The normalized spacial score (nSPS) is 20.8. The summed E-state index contributed by atoms with van der Waals surface area (Å²) in [5.41, 5.74) is -0.361. The highest BCUT2D eigenvalue weighted by atomic mass is 16.7. The first kappa shape index (κ1) is 21.9. The maximum absolute atomic E-state index is 12.2. The molecule has 1 unspecified atom stereocenters. The Labute approximate surface area is 151 Å². The molecule has 0 amide bonds. The fraction of sp³-hybridized carbons (Fsp3) is 0.895. The summed E-state index contributed by atoms with van der Waals surface area (Å²) in [6.07, 6.45) is 6.07. The smallest absolute Gasteiger partial charge is 0.325 e.